The predicted molar refractivity (Wildman–Crippen MR) is 121 cm³/mol. The Bertz CT molecular complexity index is 922. The Balaban J connectivity index is 1.59. The highest BCUT2D eigenvalue weighted by Gasteiger charge is 2.17. The molecule has 1 aromatic heterocycles. The molecule has 0 bridgehead atoms. The number of unbranched alkanes of at least 4 members (excludes halogenated alkanes) is 2. The van der Waals surface area contributed by atoms with Gasteiger partial charge in [-0.3, -0.25) is 4.98 Å². The number of nitrogens with zero attached hydrogens (tertiary/aromatic N) is 2. The molecule has 2 aromatic rings. The van der Waals surface area contributed by atoms with Crippen LogP contribution in [0.15, 0.2) is 59.5 Å². The van der Waals surface area contributed by atoms with Gasteiger partial charge in [-0.15, -0.1) is 0 Å². The molecule has 6 heteroatoms. The number of aliphatic carboxylic acids is 1. The molecule has 0 fully saturated rings. The van der Waals surface area contributed by atoms with E-state index in [4.69, 9.17) is 14.7 Å². The number of carboxylic acids is 1. The summed E-state index contributed by atoms with van der Waals surface area (Å²) < 4.78 is 5.44. The maximum Gasteiger partial charge on any atom is 0.341 e. The van der Waals surface area contributed by atoms with Crippen molar-refractivity contribution >= 4 is 11.7 Å². The minimum atomic E-state index is -0.966. The van der Waals surface area contributed by atoms with Gasteiger partial charge in [-0.1, -0.05) is 42.6 Å². The molecule has 0 amide bonds. The van der Waals surface area contributed by atoms with Crippen LogP contribution in [0.1, 0.15) is 55.7 Å². The summed E-state index contributed by atoms with van der Waals surface area (Å²) in [5.74, 6) is -0.292. The van der Waals surface area contributed by atoms with E-state index in [1.165, 1.54) is 17.6 Å². The van der Waals surface area contributed by atoms with E-state index in [2.05, 4.69) is 29.2 Å². The zero-order chi connectivity index (χ0) is 21.9. The Morgan fingerprint density at radius 2 is 2.13 bits per heavy atom. The summed E-state index contributed by atoms with van der Waals surface area (Å²) in [5.41, 5.74) is 5.53. The molecule has 1 heterocycles. The fraction of sp³-hybridized carbons (Fsp3) is 0.400. The number of rotatable bonds is 11. The first-order valence-electron chi connectivity index (χ1n) is 10.9. The van der Waals surface area contributed by atoms with E-state index in [0.29, 0.717) is 12.4 Å². The SMILES string of the molecule is CCCCC/C(=N/OC/C=C1/CCc2c(cccc2OCC(=O)O)C1)c1cccnc1. The average molecular weight is 423 g/mol. The summed E-state index contributed by atoms with van der Waals surface area (Å²) in [6.07, 6.45) is 12.5. The van der Waals surface area contributed by atoms with Crippen molar-refractivity contribution in [3.8, 4) is 5.75 Å². The van der Waals surface area contributed by atoms with E-state index < -0.39 is 5.97 Å². The standard InChI is InChI=1S/C25H30N2O4/c1-2-3-4-9-23(21-8-6-14-26-17-21)27-31-15-13-19-11-12-22-20(16-19)7-5-10-24(22)30-18-25(28)29/h5-8,10,13-14,17H,2-4,9,11-12,15-16,18H2,1H3,(H,28,29)/b19-13-,27-23-. The van der Waals surface area contributed by atoms with Crippen LogP contribution in [0.4, 0.5) is 0 Å². The van der Waals surface area contributed by atoms with E-state index in [-0.39, 0.29) is 6.61 Å². The van der Waals surface area contributed by atoms with Gasteiger partial charge < -0.3 is 14.7 Å². The zero-order valence-electron chi connectivity index (χ0n) is 18.0. The topological polar surface area (TPSA) is 81.0 Å². The number of hydrogen-bond acceptors (Lipinski definition) is 5. The lowest BCUT2D eigenvalue weighted by atomic mass is 9.87. The minimum absolute atomic E-state index is 0.317. The first-order chi connectivity index (χ1) is 15.2. The summed E-state index contributed by atoms with van der Waals surface area (Å²) >= 11 is 0. The Morgan fingerprint density at radius 1 is 1.23 bits per heavy atom. The second-order valence-electron chi connectivity index (χ2n) is 7.65. The van der Waals surface area contributed by atoms with Crippen LogP contribution in [-0.4, -0.2) is 35.0 Å². The van der Waals surface area contributed by atoms with Gasteiger partial charge in [-0.25, -0.2) is 4.79 Å². The van der Waals surface area contributed by atoms with Gasteiger partial charge in [0.05, 0.1) is 5.71 Å². The first kappa shape index (κ1) is 22.5. The third-order valence-corrected chi connectivity index (χ3v) is 5.33. The normalized spacial score (nSPS) is 14.9. The van der Waals surface area contributed by atoms with Crippen LogP contribution >= 0.6 is 0 Å². The van der Waals surface area contributed by atoms with Gasteiger partial charge in [-0.05, 0) is 67.5 Å². The van der Waals surface area contributed by atoms with Crippen molar-refractivity contribution in [3.63, 3.8) is 0 Å². The van der Waals surface area contributed by atoms with Crippen molar-refractivity contribution in [2.45, 2.75) is 51.9 Å². The van der Waals surface area contributed by atoms with Gasteiger partial charge in [0.15, 0.2) is 6.61 Å². The molecule has 1 aliphatic carbocycles. The number of ether oxygens (including phenoxy) is 1. The number of aromatic nitrogens is 1. The Labute approximate surface area is 183 Å². The van der Waals surface area contributed by atoms with Crippen LogP contribution in [-0.2, 0) is 22.5 Å². The molecule has 1 aromatic carbocycles. The quantitative estimate of drug-likeness (QED) is 0.240. The van der Waals surface area contributed by atoms with Crippen molar-refractivity contribution in [3.05, 3.63) is 71.1 Å². The molecule has 1 N–H and O–H groups in total. The van der Waals surface area contributed by atoms with Crippen molar-refractivity contribution in [1.29, 1.82) is 0 Å². The summed E-state index contributed by atoms with van der Waals surface area (Å²) in [5, 5.41) is 13.3. The highest BCUT2D eigenvalue weighted by atomic mass is 16.6. The third kappa shape index (κ3) is 6.95. The van der Waals surface area contributed by atoms with Gasteiger partial charge in [0.25, 0.3) is 0 Å². The maximum atomic E-state index is 10.8. The number of oxime groups is 1. The van der Waals surface area contributed by atoms with E-state index in [9.17, 15) is 4.79 Å². The molecule has 164 valence electrons. The first-order valence-corrected chi connectivity index (χ1v) is 10.9. The minimum Gasteiger partial charge on any atom is -0.482 e. The van der Waals surface area contributed by atoms with E-state index in [0.717, 1.165) is 55.4 Å². The smallest absolute Gasteiger partial charge is 0.341 e. The van der Waals surface area contributed by atoms with Crippen LogP contribution in [0.3, 0.4) is 0 Å². The molecule has 6 nitrogen and oxygen atoms in total. The van der Waals surface area contributed by atoms with Gasteiger partial charge in [0.2, 0.25) is 0 Å². The molecule has 0 spiro atoms. The summed E-state index contributed by atoms with van der Waals surface area (Å²) in [7, 11) is 0. The molecular formula is C25H30N2O4. The second-order valence-corrected chi connectivity index (χ2v) is 7.65. The van der Waals surface area contributed by atoms with Crippen molar-refractivity contribution < 1.29 is 19.5 Å². The predicted octanol–water partition coefficient (Wildman–Crippen LogP) is 4.96. The van der Waals surface area contributed by atoms with Crippen molar-refractivity contribution in [2.75, 3.05) is 13.2 Å². The number of hydrogen-bond donors (Lipinski definition) is 1. The number of benzene rings is 1. The van der Waals surface area contributed by atoms with E-state index in [1.807, 2.05) is 30.5 Å². The lowest BCUT2D eigenvalue weighted by molar-refractivity contribution is -0.139. The third-order valence-electron chi connectivity index (χ3n) is 5.33. The van der Waals surface area contributed by atoms with Gasteiger partial charge in [0.1, 0.15) is 12.4 Å². The van der Waals surface area contributed by atoms with Crippen LogP contribution in [0.2, 0.25) is 0 Å². The molecule has 1 aliphatic rings. The average Bonchev–Trinajstić information content (AvgIpc) is 2.79. The molecule has 3 rings (SSSR count). The number of pyridine rings is 1. The maximum absolute atomic E-state index is 10.8. The highest BCUT2D eigenvalue weighted by molar-refractivity contribution is 5.99. The number of allylic oxidation sites excluding steroid dienone is 1. The molecule has 0 unspecified atom stereocenters. The van der Waals surface area contributed by atoms with Gasteiger partial charge in [-0.2, -0.15) is 0 Å². The summed E-state index contributed by atoms with van der Waals surface area (Å²) in [4.78, 5) is 20.6. The number of carboxylic acid groups (broad SMARTS) is 1. The van der Waals surface area contributed by atoms with Crippen LogP contribution in [0, 0.1) is 0 Å². The second kappa shape index (κ2) is 11.9. The van der Waals surface area contributed by atoms with Crippen LogP contribution < -0.4 is 4.74 Å². The summed E-state index contributed by atoms with van der Waals surface area (Å²) in [6.45, 7) is 2.30. The monoisotopic (exact) mass is 422 g/mol. The Kier molecular flexibility index (Phi) is 8.64. The molecule has 0 saturated heterocycles. The highest BCUT2D eigenvalue weighted by Crippen LogP contribution is 2.31. The van der Waals surface area contributed by atoms with E-state index in [1.54, 1.807) is 6.20 Å². The fourth-order valence-electron chi connectivity index (χ4n) is 3.72. The number of carbonyl (C=O) groups is 1. The largest absolute Gasteiger partial charge is 0.482 e. The molecule has 0 atom stereocenters. The number of fused-ring (bicyclic) bond motifs is 1. The Hall–Kier alpha value is -3.15. The molecule has 0 saturated carbocycles. The molecule has 0 aliphatic heterocycles. The van der Waals surface area contributed by atoms with E-state index >= 15 is 0 Å². The zero-order valence-corrected chi connectivity index (χ0v) is 18.0. The molecule has 0 radical (unpaired) electrons. The molecular weight excluding hydrogens is 392 g/mol. The van der Waals surface area contributed by atoms with Crippen molar-refractivity contribution in [1.82, 2.24) is 4.98 Å². The lowest BCUT2D eigenvalue weighted by Gasteiger charge is -2.21. The van der Waals surface area contributed by atoms with Crippen LogP contribution in [0.5, 0.6) is 5.75 Å². The van der Waals surface area contributed by atoms with Crippen molar-refractivity contribution in [2.24, 2.45) is 5.16 Å². The van der Waals surface area contributed by atoms with Gasteiger partial charge >= 0.3 is 5.97 Å². The van der Waals surface area contributed by atoms with Crippen LogP contribution in [0.25, 0.3) is 0 Å². The summed E-state index contributed by atoms with van der Waals surface area (Å²) in [6, 6.07) is 9.76. The fourth-order valence-corrected chi connectivity index (χ4v) is 3.72. The Morgan fingerprint density at radius 3 is 2.90 bits per heavy atom. The molecule has 31 heavy (non-hydrogen) atoms. The van der Waals surface area contributed by atoms with Gasteiger partial charge in [0, 0.05) is 18.0 Å². The lowest BCUT2D eigenvalue weighted by Crippen LogP contribution is -2.13.